The molecule has 4 rings (SSSR count). The molecule has 1 amide bonds. The number of aromatic nitrogens is 4. The van der Waals surface area contributed by atoms with E-state index in [4.69, 9.17) is 9.47 Å². The number of carbonyl (C=O) groups is 1. The van der Waals surface area contributed by atoms with E-state index in [0.29, 0.717) is 42.3 Å². The summed E-state index contributed by atoms with van der Waals surface area (Å²) in [7, 11) is 1.62. The number of halogens is 1. The minimum atomic E-state index is -0.366. The third-order valence-corrected chi connectivity index (χ3v) is 4.80. The number of hydrogen-bond acceptors (Lipinski definition) is 6. The smallest absolute Gasteiger partial charge is 0.231 e. The zero-order valence-electron chi connectivity index (χ0n) is 17.5. The Morgan fingerprint density at radius 1 is 1.09 bits per heavy atom. The highest BCUT2D eigenvalue weighted by molar-refractivity contribution is 5.76. The maximum absolute atomic E-state index is 13.5. The fourth-order valence-corrected chi connectivity index (χ4v) is 3.14. The molecule has 32 heavy (non-hydrogen) atoms. The van der Waals surface area contributed by atoms with Gasteiger partial charge in [-0.15, -0.1) is 15.3 Å². The van der Waals surface area contributed by atoms with Crippen LogP contribution < -0.4 is 14.8 Å². The average molecular weight is 435 g/mol. The van der Waals surface area contributed by atoms with Crippen molar-refractivity contribution in [3.8, 4) is 23.0 Å². The molecule has 2 aromatic carbocycles. The molecule has 0 saturated carbocycles. The van der Waals surface area contributed by atoms with Crippen LogP contribution in [0.2, 0.25) is 0 Å². The number of hydrogen-bond donors (Lipinski definition) is 1. The van der Waals surface area contributed by atoms with Crippen molar-refractivity contribution in [2.75, 3.05) is 20.3 Å². The summed E-state index contributed by atoms with van der Waals surface area (Å²) >= 11 is 0. The Hall–Kier alpha value is -4.01. The van der Waals surface area contributed by atoms with E-state index in [2.05, 4.69) is 20.6 Å². The van der Waals surface area contributed by atoms with Crippen LogP contribution in [0, 0.1) is 5.82 Å². The van der Waals surface area contributed by atoms with Gasteiger partial charge in [0.05, 0.1) is 13.7 Å². The number of methoxy groups -OCH3 is 1. The SMILES string of the molecule is COc1ccc(CCC(=O)NCCOc2ccc3nnc(-c4cccc(F)c4)n3n2)cc1. The number of rotatable bonds is 9. The van der Waals surface area contributed by atoms with Gasteiger partial charge in [0, 0.05) is 18.1 Å². The van der Waals surface area contributed by atoms with Crippen LogP contribution in [0.15, 0.2) is 60.7 Å². The van der Waals surface area contributed by atoms with Gasteiger partial charge in [0.15, 0.2) is 11.5 Å². The van der Waals surface area contributed by atoms with E-state index in [1.54, 1.807) is 31.4 Å². The Balaban J connectivity index is 1.27. The number of nitrogens with zero attached hydrogens (tertiary/aromatic N) is 4. The van der Waals surface area contributed by atoms with E-state index in [0.717, 1.165) is 11.3 Å². The van der Waals surface area contributed by atoms with Crippen molar-refractivity contribution >= 4 is 11.6 Å². The lowest BCUT2D eigenvalue weighted by atomic mass is 10.1. The molecule has 0 saturated heterocycles. The molecule has 164 valence electrons. The number of nitrogens with one attached hydrogen (secondary N) is 1. The fraction of sp³-hybridized carbons (Fsp3) is 0.217. The Labute approximate surface area is 184 Å². The Bertz CT molecular complexity index is 1210. The van der Waals surface area contributed by atoms with E-state index < -0.39 is 0 Å². The van der Waals surface area contributed by atoms with Crippen LogP contribution in [-0.2, 0) is 11.2 Å². The molecule has 8 nitrogen and oxygen atoms in total. The molecule has 0 spiro atoms. The third-order valence-electron chi connectivity index (χ3n) is 4.80. The number of amides is 1. The zero-order chi connectivity index (χ0) is 22.3. The number of fused-ring (bicyclic) bond motifs is 1. The van der Waals surface area contributed by atoms with Gasteiger partial charge < -0.3 is 14.8 Å². The van der Waals surface area contributed by atoms with E-state index in [1.165, 1.54) is 16.6 Å². The van der Waals surface area contributed by atoms with Crippen LogP contribution >= 0.6 is 0 Å². The van der Waals surface area contributed by atoms with Gasteiger partial charge >= 0.3 is 0 Å². The van der Waals surface area contributed by atoms with Gasteiger partial charge in [0.25, 0.3) is 0 Å². The van der Waals surface area contributed by atoms with Crippen molar-refractivity contribution in [1.29, 1.82) is 0 Å². The van der Waals surface area contributed by atoms with Crippen LogP contribution in [0.3, 0.4) is 0 Å². The monoisotopic (exact) mass is 435 g/mol. The predicted molar refractivity (Wildman–Crippen MR) is 116 cm³/mol. The molecule has 0 unspecified atom stereocenters. The van der Waals surface area contributed by atoms with E-state index in [9.17, 15) is 9.18 Å². The lowest BCUT2D eigenvalue weighted by Gasteiger charge is -2.08. The lowest BCUT2D eigenvalue weighted by molar-refractivity contribution is -0.121. The largest absolute Gasteiger partial charge is 0.497 e. The normalized spacial score (nSPS) is 10.8. The second-order valence-electron chi connectivity index (χ2n) is 7.02. The highest BCUT2D eigenvalue weighted by Gasteiger charge is 2.11. The quantitative estimate of drug-likeness (QED) is 0.407. The third kappa shape index (κ3) is 5.18. The van der Waals surface area contributed by atoms with Crippen LogP contribution in [0.5, 0.6) is 11.6 Å². The molecule has 0 aliphatic heterocycles. The summed E-state index contributed by atoms with van der Waals surface area (Å²) in [6, 6.07) is 17.1. The van der Waals surface area contributed by atoms with Gasteiger partial charge in [-0.1, -0.05) is 24.3 Å². The van der Waals surface area contributed by atoms with Gasteiger partial charge in [0.1, 0.15) is 18.2 Å². The number of carbonyl (C=O) groups excluding carboxylic acids is 1. The van der Waals surface area contributed by atoms with Crippen LogP contribution in [-0.4, -0.2) is 46.0 Å². The molecule has 4 aromatic rings. The van der Waals surface area contributed by atoms with Crippen LogP contribution in [0.1, 0.15) is 12.0 Å². The maximum Gasteiger partial charge on any atom is 0.231 e. The number of benzene rings is 2. The van der Waals surface area contributed by atoms with E-state index in [-0.39, 0.29) is 18.3 Å². The highest BCUT2D eigenvalue weighted by Crippen LogP contribution is 2.19. The van der Waals surface area contributed by atoms with Gasteiger partial charge in [0.2, 0.25) is 11.8 Å². The molecule has 0 atom stereocenters. The first-order valence-corrected chi connectivity index (χ1v) is 10.1. The van der Waals surface area contributed by atoms with Gasteiger partial charge in [-0.3, -0.25) is 4.79 Å². The summed E-state index contributed by atoms with van der Waals surface area (Å²) in [5, 5.41) is 15.3. The molecule has 0 fully saturated rings. The topological polar surface area (TPSA) is 90.6 Å². The van der Waals surface area contributed by atoms with Crippen LogP contribution in [0.25, 0.3) is 17.0 Å². The zero-order valence-corrected chi connectivity index (χ0v) is 17.5. The summed E-state index contributed by atoms with van der Waals surface area (Å²) in [6.45, 7) is 0.601. The lowest BCUT2D eigenvalue weighted by Crippen LogP contribution is -2.28. The first kappa shape index (κ1) is 21.2. The fourth-order valence-electron chi connectivity index (χ4n) is 3.14. The summed E-state index contributed by atoms with van der Waals surface area (Å²) in [4.78, 5) is 12.1. The van der Waals surface area contributed by atoms with Crippen molar-refractivity contribution in [3.05, 3.63) is 72.0 Å². The summed E-state index contributed by atoms with van der Waals surface area (Å²) < 4.78 is 25.8. The number of aryl methyl sites for hydroxylation is 1. The van der Waals surface area contributed by atoms with E-state index >= 15 is 0 Å². The van der Waals surface area contributed by atoms with Crippen molar-refractivity contribution in [3.63, 3.8) is 0 Å². The highest BCUT2D eigenvalue weighted by atomic mass is 19.1. The molecule has 2 aromatic heterocycles. The van der Waals surface area contributed by atoms with Crippen LogP contribution in [0.4, 0.5) is 4.39 Å². The van der Waals surface area contributed by atoms with Crippen molar-refractivity contribution in [1.82, 2.24) is 25.1 Å². The maximum atomic E-state index is 13.5. The van der Waals surface area contributed by atoms with Gasteiger partial charge in [-0.25, -0.2) is 4.39 Å². The molecule has 0 radical (unpaired) electrons. The van der Waals surface area contributed by atoms with Crippen molar-refractivity contribution in [2.24, 2.45) is 0 Å². The Morgan fingerprint density at radius 2 is 1.94 bits per heavy atom. The standard InChI is InChI=1S/C23H22FN5O3/c1-31-19-8-5-16(6-9-19)7-11-21(30)25-13-14-32-22-12-10-20-26-27-23(29(20)28-22)17-3-2-4-18(24)15-17/h2-6,8-10,12,15H,7,11,13-14H2,1H3,(H,25,30). The summed E-state index contributed by atoms with van der Waals surface area (Å²) in [5.41, 5.74) is 2.15. The molecular formula is C23H22FN5O3. The molecule has 0 aliphatic rings. The predicted octanol–water partition coefficient (Wildman–Crippen LogP) is 3.07. The summed E-state index contributed by atoms with van der Waals surface area (Å²) in [5.74, 6) is 1.13. The molecule has 0 aliphatic carbocycles. The van der Waals surface area contributed by atoms with E-state index in [1.807, 2.05) is 24.3 Å². The molecule has 2 heterocycles. The van der Waals surface area contributed by atoms with Gasteiger partial charge in [-0.2, -0.15) is 4.52 Å². The Morgan fingerprint density at radius 3 is 2.72 bits per heavy atom. The van der Waals surface area contributed by atoms with Gasteiger partial charge in [-0.05, 0) is 42.3 Å². The second kappa shape index (κ2) is 9.86. The molecule has 9 heteroatoms. The molecule has 0 bridgehead atoms. The summed E-state index contributed by atoms with van der Waals surface area (Å²) in [6.07, 6.45) is 1.03. The first-order valence-electron chi connectivity index (χ1n) is 10.1. The van der Waals surface area contributed by atoms with Crippen molar-refractivity contribution < 1.29 is 18.7 Å². The second-order valence-corrected chi connectivity index (χ2v) is 7.02. The molecule has 1 N–H and O–H groups in total. The number of ether oxygens (including phenoxy) is 2. The van der Waals surface area contributed by atoms with Crippen molar-refractivity contribution in [2.45, 2.75) is 12.8 Å². The minimum Gasteiger partial charge on any atom is -0.497 e. The average Bonchev–Trinajstić information content (AvgIpc) is 3.24. The minimum absolute atomic E-state index is 0.0555. The molecular weight excluding hydrogens is 413 g/mol. The Kier molecular flexibility index (Phi) is 6.54. The first-order chi connectivity index (χ1) is 15.6.